The first-order chi connectivity index (χ1) is 9.31. The quantitative estimate of drug-likeness (QED) is 0.820. The fourth-order valence-electron chi connectivity index (χ4n) is 2.71. The Morgan fingerprint density at radius 1 is 1.42 bits per heavy atom. The van der Waals surface area contributed by atoms with Crippen molar-refractivity contribution in [2.24, 2.45) is 0 Å². The lowest BCUT2D eigenvalue weighted by atomic mass is 10.0. The minimum atomic E-state index is 0.443. The number of aryl methyl sites for hydroxylation is 1. The first kappa shape index (κ1) is 14.5. The third kappa shape index (κ3) is 4.59. The van der Waals surface area contributed by atoms with E-state index in [1.807, 2.05) is 6.20 Å². The van der Waals surface area contributed by atoms with Gasteiger partial charge in [0.15, 0.2) is 0 Å². The number of hydrogen-bond donors (Lipinski definition) is 1. The van der Waals surface area contributed by atoms with Crippen LogP contribution in [0.2, 0.25) is 0 Å². The molecule has 1 aromatic heterocycles. The summed E-state index contributed by atoms with van der Waals surface area (Å²) in [6.07, 6.45) is 8.03. The zero-order chi connectivity index (χ0) is 13.5. The lowest BCUT2D eigenvalue weighted by Gasteiger charge is -2.21. The van der Waals surface area contributed by atoms with Crippen LogP contribution in [0.25, 0.3) is 0 Å². The molecular weight excluding hydrogens is 236 g/mol. The maximum absolute atomic E-state index is 5.74. The zero-order valence-electron chi connectivity index (χ0n) is 12.2. The summed E-state index contributed by atoms with van der Waals surface area (Å²) < 4.78 is 5.74. The molecule has 0 aliphatic carbocycles. The SMILES string of the molecule is CCNC(Cc1ccc(CC)cn1)CC1CCCO1. The van der Waals surface area contributed by atoms with Crippen LogP contribution in [0.15, 0.2) is 18.3 Å². The molecule has 1 saturated heterocycles. The van der Waals surface area contributed by atoms with Crippen LogP contribution in [0.5, 0.6) is 0 Å². The molecule has 19 heavy (non-hydrogen) atoms. The molecule has 2 rings (SSSR count). The average molecular weight is 262 g/mol. The second-order valence-electron chi connectivity index (χ2n) is 5.34. The third-order valence-corrected chi connectivity index (χ3v) is 3.81. The van der Waals surface area contributed by atoms with Crippen molar-refractivity contribution in [3.63, 3.8) is 0 Å². The van der Waals surface area contributed by atoms with Gasteiger partial charge in [-0.15, -0.1) is 0 Å². The van der Waals surface area contributed by atoms with E-state index in [-0.39, 0.29) is 0 Å². The Balaban J connectivity index is 1.90. The summed E-state index contributed by atoms with van der Waals surface area (Å²) in [6, 6.07) is 4.84. The fraction of sp³-hybridized carbons (Fsp3) is 0.688. The van der Waals surface area contributed by atoms with Gasteiger partial charge in [-0.1, -0.05) is 19.9 Å². The van der Waals surface area contributed by atoms with Crippen LogP contribution in [-0.2, 0) is 17.6 Å². The zero-order valence-corrected chi connectivity index (χ0v) is 12.2. The van der Waals surface area contributed by atoms with Crippen LogP contribution >= 0.6 is 0 Å². The van der Waals surface area contributed by atoms with E-state index in [1.54, 1.807) is 0 Å². The molecule has 2 unspecified atom stereocenters. The molecule has 1 fully saturated rings. The molecule has 0 spiro atoms. The van der Waals surface area contributed by atoms with Gasteiger partial charge in [-0.3, -0.25) is 4.98 Å². The fourth-order valence-corrected chi connectivity index (χ4v) is 2.71. The van der Waals surface area contributed by atoms with E-state index < -0.39 is 0 Å². The van der Waals surface area contributed by atoms with Crippen molar-refractivity contribution in [2.75, 3.05) is 13.2 Å². The Bertz CT molecular complexity index is 358. The van der Waals surface area contributed by atoms with Gasteiger partial charge in [-0.25, -0.2) is 0 Å². The van der Waals surface area contributed by atoms with Gasteiger partial charge < -0.3 is 10.1 Å². The predicted molar refractivity (Wildman–Crippen MR) is 78.4 cm³/mol. The van der Waals surface area contributed by atoms with Gasteiger partial charge in [0.1, 0.15) is 0 Å². The number of pyridine rings is 1. The van der Waals surface area contributed by atoms with Crippen LogP contribution in [0.3, 0.4) is 0 Å². The smallest absolute Gasteiger partial charge is 0.0591 e. The number of ether oxygens (including phenoxy) is 1. The van der Waals surface area contributed by atoms with E-state index in [1.165, 1.54) is 24.1 Å². The molecule has 3 heteroatoms. The van der Waals surface area contributed by atoms with E-state index in [9.17, 15) is 0 Å². The first-order valence-corrected chi connectivity index (χ1v) is 7.60. The number of rotatable bonds is 7. The van der Waals surface area contributed by atoms with Crippen LogP contribution < -0.4 is 5.32 Å². The second-order valence-corrected chi connectivity index (χ2v) is 5.34. The first-order valence-electron chi connectivity index (χ1n) is 7.60. The summed E-state index contributed by atoms with van der Waals surface area (Å²) in [4.78, 5) is 4.57. The van der Waals surface area contributed by atoms with E-state index in [0.717, 1.165) is 32.4 Å². The summed E-state index contributed by atoms with van der Waals surface area (Å²) in [5, 5.41) is 3.57. The van der Waals surface area contributed by atoms with Crippen LogP contribution in [0.4, 0.5) is 0 Å². The van der Waals surface area contributed by atoms with E-state index in [2.05, 4.69) is 36.3 Å². The molecule has 1 aliphatic heterocycles. The van der Waals surface area contributed by atoms with Crippen molar-refractivity contribution >= 4 is 0 Å². The average Bonchev–Trinajstić information content (AvgIpc) is 2.93. The molecule has 0 radical (unpaired) electrons. The van der Waals surface area contributed by atoms with Crippen molar-refractivity contribution < 1.29 is 4.74 Å². The highest BCUT2D eigenvalue weighted by molar-refractivity contribution is 5.14. The lowest BCUT2D eigenvalue weighted by Crippen LogP contribution is -2.34. The molecule has 1 aliphatic rings. The highest BCUT2D eigenvalue weighted by Gasteiger charge is 2.20. The van der Waals surface area contributed by atoms with Crippen molar-refractivity contribution in [3.8, 4) is 0 Å². The molecule has 0 amide bonds. The van der Waals surface area contributed by atoms with Crippen LogP contribution in [-0.4, -0.2) is 30.3 Å². The Labute approximate surface area is 116 Å². The maximum Gasteiger partial charge on any atom is 0.0591 e. The summed E-state index contributed by atoms with van der Waals surface area (Å²) >= 11 is 0. The molecule has 2 heterocycles. The molecule has 1 aromatic rings. The van der Waals surface area contributed by atoms with Gasteiger partial charge in [-0.2, -0.15) is 0 Å². The molecule has 2 atom stereocenters. The van der Waals surface area contributed by atoms with Crippen LogP contribution in [0, 0.1) is 0 Å². The summed E-state index contributed by atoms with van der Waals surface area (Å²) in [6.45, 7) is 6.27. The Morgan fingerprint density at radius 2 is 2.32 bits per heavy atom. The standard InChI is InChI=1S/C16H26N2O/c1-3-13-7-8-14(18-12-13)10-15(17-4-2)11-16-6-5-9-19-16/h7-8,12,15-17H,3-6,9-11H2,1-2H3. The summed E-state index contributed by atoms with van der Waals surface area (Å²) in [5.41, 5.74) is 2.49. The second kappa shape index (κ2) is 7.61. The van der Waals surface area contributed by atoms with E-state index in [0.29, 0.717) is 12.1 Å². The highest BCUT2D eigenvalue weighted by Crippen LogP contribution is 2.18. The van der Waals surface area contributed by atoms with Crippen molar-refractivity contribution in [1.82, 2.24) is 10.3 Å². The number of nitrogens with zero attached hydrogens (tertiary/aromatic N) is 1. The molecule has 1 N–H and O–H groups in total. The normalized spacial score (nSPS) is 20.6. The van der Waals surface area contributed by atoms with Crippen LogP contribution in [0.1, 0.15) is 44.4 Å². The van der Waals surface area contributed by atoms with Gasteiger partial charge in [0.05, 0.1) is 6.10 Å². The van der Waals surface area contributed by atoms with Gasteiger partial charge in [0, 0.05) is 31.0 Å². The lowest BCUT2D eigenvalue weighted by molar-refractivity contribution is 0.0947. The highest BCUT2D eigenvalue weighted by atomic mass is 16.5. The Morgan fingerprint density at radius 3 is 2.89 bits per heavy atom. The number of nitrogens with one attached hydrogen (secondary N) is 1. The molecular formula is C16H26N2O. The van der Waals surface area contributed by atoms with E-state index in [4.69, 9.17) is 4.74 Å². The summed E-state index contributed by atoms with van der Waals surface area (Å²) in [5.74, 6) is 0. The topological polar surface area (TPSA) is 34.2 Å². The van der Waals surface area contributed by atoms with Crippen molar-refractivity contribution in [3.05, 3.63) is 29.6 Å². The molecule has 0 bridgehead atoms. The van der Waals surface area contributed by atoms with Gasteiger partial charge in [0.25, 0.3) is 0 Å². The van der Waals surface area contributed by atoms with Gasteiger partial charge >= 0.3 is 0 Å². The predicted octanol–water partition coefficient (Wildman–Crippen LogP) is 2.73. The molecule has 0 saturated carbocycles. The van der Waals surface area contributed by atoms with Crippen molar-refractivity contribution in [1.29, 1.82) is 0 Å². The molecule has 3 nitrogen and oxygen atoms in total. The Kier molecular flexibility index (Phi) is 5.80. The molecule has 0 aromatic carbocycles. The summed E-state index contributed by atoms with van der Waals surface area (Å²) in [7, 11) is 0. The minimum absolute atomic E-state index is 0.443. The van der Waals surface area contributed by atoms with Crippen molar-refractivity contribution in [2.45, 2.75) is 58.1 Å². The largest absolute Gasteiger partial charge is 0.378 e. The maximum atomic E-state index is 5.74. The Hall–Kier alpha value is -0.930. The molecule has 106 valence electrons. The number of likely N-dealkylation sites (N-methyl/N-ethyl adjacent to an activating group) is 1. The monoisotopic (exact) mass is 262 g/mol. The minimum Gasteiger partial charge on any atom is -0.378 e. The van der Waals surface area contributed by atoms with E-state index >= 15 is 0 Å². The van der Waals surface area contributed by atoms with Gasteiger partial charge in [0.2, 0.25) is 0 Å². The van der Waals surface area contributed by atoms with Gasteiger partial charge in [-0.05, 0) is 43.9 Å². The third-order valence-electron chi connectivity index (χ3n) is 3.81. The number of hydrogen-bond acceptors (Lipinski definition) is 3. The number of aromatic nitrogens is 1.